The molecule has 1 saturated carbocycles. The van der Waals surface area contributed by atoms with Crippen LogP contribution >= 0.6 is 11.8 Å². The van der Waals surface area contributed by atoms with Gasteiger partial charge in [-0.25, -0.2) is 0 Å². The zero-order valence-electron chi connectivity index (χ0n) is 10.9. The molecule has 5 heteroatoms. The summed E-state index contributed by atoms with van der Waals surface area (Å²) in [5.41, 5.74) is -0.650. The van der Waals surface area contributed by atoms with E-state index in [1.165, 1.54) is 6.42 Å². The molecule has 1 atom stereocenters. The third kappa shape index (κ3) is 4.44. The van der Waals surface area contributed by atoms with Crippen molar-refractivity contribution >= 4 is 17.7 Å². The van der Waals surface area contributed by atoms with Crippen molar-refractivity contribution in [2.24, 2.45) is 0 Å². The third-order valence-corrected chi connectivity index (χ3v) is 4.96. The van der Waals surface area contributed by atoms with E-state index in [0.717, 1.165) is 43.7 Å². The van der Waals surface area contributed by atoms with E-state index in [9.17, 15) is 9.90 Å². The fourth-order valence-electron chi connectivity index (χ4n) is 2.70. The minimum atomic E-state index is -0.650. The summed E-state index contributed by atoms with van der Waals surface area (Å²) in [6.07, 6.45) is 5.54. The Hall–Kier alpha value is -0.260. The van der Waals surface area contributed by atoms with Gasteiger partial charge in [0.2, 0.25) is 5.91 Å². The van der Waals surface area contributed by atoms with Crippen molar-refractivity contribution in [3.8, 4) is 0 Å². The van der Waals surface area contributed by atoms with E-state index in [2.05, 4.69) is 10.6 Å². The van der Waals surface area contributed by atoms with E-state index in [0.29, 0.717) is 19.0 Å². The van der Waals surface area contributed by atoms with Crippen LogP contribution in [0.5, 0.6) is 0 Å². The lowest BCUT2D eigenvalue weighted by atomic mass is 9.85. The van der Waals surface area contributed by atoms with Gasteiger partial charge in [0.25, 0.3) is 0 Å². The highest BCUT2D eigenvalue weighted by atomic mass is 32.2. The maximum Gasteiger partial charge on any atom is 0.221 e. The molecule has 18 heavy (non-hydrogen) atoms. The first kappa shape index (κ1) is 14.2. The van der Waals surface area contributed by atoms with Crippen molar-refractivity contribution in [1.82, 2.24) is 10.6 Å². The fraction of sp³-hybridized carbons (Fsp3) is 0.923. The molecular weight excluding hydrogens is 248 g/mol. The monoisotopic (exact) mass is 272 g/mol. The lowest BCUT2D eigenvalue weighted by molar-refractivity contribution is -0.123. The molecule has 1 amide bonds. The van der Waals surface area contributed by atoms with Crippen LogP contribution in [0.1, 0.15) is 38.5 Å². The van der Waals surface area contributed by atoms with Gasteiger partial charge in [0.1, 0.15) is 0 Å². The SMILES string of the molecule is O=C(CC1CSCCN1)NCC1(O)CCCCC1. The maximum absolute atomic E-state index is 11.8. The van der Waals surface area contributed by atoms with Crippen LogP contribution < -0.4 is 10.6 Å². The molecule has 3 N–H and O–H groups in total. The number of aliphatic hydroxyl groups is 1. The van der Waals surface area contributed by atoms with E-state index < -0.39 is 5.60 Å². The quantitative estimate of drug-likeness (QED) is 0.711. The van der Waals surface area contributed by atoms with Gasteiger partial charge >= 0.3 is 0 Å². The molecule has 0 aromatic heterocycles. The van der Waals surface area contributed by atoms with Crippen LogP contribution in [-0.2, 0) is 4.79 Å². The summed E-state index contributed by atoms with van der Waals surface area (Å²) < 4.78 is 0. The summed E-state index contributed by atoms with van der Waals surface area (Å²) in [6.45, 7) is 1.41. The Balaban J connectivity index is 1.67. The number of amides is 1. The van der Waals surface area contributed by atoms with Crippen LogP contribution in [0, 0.1) is 0 Å². The average molecular weight is 272 g/mol. The molecule has 0 bridgehead atoms. The van der Waals surface area contributed by atoms with Crippen molar-refractivity contribution < 1.29 is 9.90 Å². The molecule has 0 aromatic rings. The largest absolute Gasteiger partial charge is 0.388 e. The molecule has 1 heterocycles. The molecule has 2 aliphatic rings. The van der Waals surface area contributed by atoms with E-state index in [1.54, 1.807) is 0 Å². The molecule has 2 rings (SSSR count). The molecule has 1 unspecified atom stereocenters. The molecule has 0 radical (unpaired) electrons. The zero-order chi connectivity index (χ0) is 12.8. The minimum Gasteiger partial charge on any atom is -0.388 e. The highest BCUT2D eigenvalue weighted by Gasteiger charge is 2.29. The Morgan fingerprint density at radius 1 is 1.39 bits per heavy atom. The second-order valence-corrected chi connectivity index (χ2v) is 6.64. The van der Waals surface area contributed by atoms with E-state index in [-0.39, 0.29) is 5.91 Å². The first-order valence-corrected chi connectivity index (χ1v) is 8.14. The van der Waals surface area contributed by atoms with Gasteiger partial charge in [-0.3, -0.25) is 4.79 Å². The van der Waals surface area contributed by atoms with Gasteiger partial charge in [0, 0.05) is 37.1 Å². The lowest BCUT2D eigenvalue weighted by Crippen LogP contribution is -2.46. The number of nitrogens with one attached hydrogen (secondary N) is 2. The van der Waals surface area contributed by atoms with Crippen LogP contribution in [0.15, 0.2) is 0 Å². The summed E-state index contributed by atoms with van der Waals surface area (Å²) in [7, 11) is 0. The number of rotatable bonds is 4. The van der Waals surface area contributed by atoms with E-state index in [4.69, 9.17) is 0 Å². The second-order valence-electron chi connectivity index (χ2n) is 5.49. The zero-order valence-corrected chi connectivity index (χ0v) is 11.7. The van der Waals surface area contributed by atoms with Crippen LogP contribution in [0.4, 0.5) is 0 Å². The Kier molecular flexibility index (Phi) is 5.33. The van der Waals surface area contributed by atoms with Crippen molar-refractivity contribution in [3.05, 3.63) is 0 Å². The third-order valence-electron chi connectivity index (χ3n) is 3.83. The van der Waals surface area contributed by atoms with Crippen molar-refractivity contribution in [3.63, 3.8) is 0 Å². The summed E-state index contributed by atoms with van der Waals surface area (Å²) in [4.78, 5) is 11.8. The molecule has 1 aliphatic heterocycles. The Morgan fingerprint density at radius 3 is 2.83 bits per heavy atom. The van der Waals surface area contributed by atoms with E-state index >= 15 is 0 Å². The van der Waals surface area contributed by atoms with Gasteiger partial charge in [-0.2, -0.15) is 11.8 Å². The highest BCUT2D eigenvalue weighted by Crippen LogP contribution is 2.27. The topological polar surface area (TPSA) is 61.4 Å². The molecular formula is C13H24N2O2S. The number of thioether (sulfide) groups is 1. The fourth-order valence-corrected chi connectivity index (χ4v) is 3.65. The number of hydrogen-bond acceptors (Lipinski definition) is 4. The van der Waals surface area contributed by atoms with Gasteiger partial charge in [-0.15, -0.1) is 0 Å². The molecule has 104 valence electrons. The Morgan fingerprint density at radius 2 is 2.17 bits per heavy atom. The van der Waals surface area contributed by atoms with E-state index in [1.807, 2.05) is 11.8 Å². The van der Waals surface area contributed by atoms with Gasteiger partial charge < -0.3 is 15.7 Å². The van der Waals surface area contributed by atoms with Gasteiger partial charge in [-0.05, 0) is 12.8 Å². The summed E-state index contributed by atoms with van der Waals surface area (Å²) in [5.74, 6) is 2.21. The van der Waals surface area contributed by atoms with Gasteiger partial charge in [0.05, 0.1) is 5.60 Å². The summed E-state index contributed by atoms with van der Waals surface area (Å²) in [5, 5.41) is 16.5. The second kappa shape index (κ2) is 6.78. The lowest BCUT2D eigenvalue weighted by Gasteiger charge is -2.32. The molecule has 2 fully saturated rings. The van der Waals surface area contributed by atoms with Crippen molar-refractivity contribution in [2.45, 2.75) is 50.2 Å². The summed E-state index contributed by atoms with van der Waals surface area (Å²) in [6, 6.07) is 0.296. The predicted octanol–water partition coefficient (Wildman–Crippen LogP) is 0.893. The van der Waals surface area contributed by atoms with Gasteiger partial charge in [-0.1, -0.05) is 19.3 Å². The van der Waals surface area contributed by atoms with Crippen molar-refractivity contribution in [1.29, 1.82) is 0 Å². The van der Waals surface area contributed by atoms with Crippen molar-refractivity contribution in [2.75, 3.05) is 24.6 Å². The Labute approximate surface area is 113 Å². The molecule has 1 saturated heterocycles. The van der Waals surface area contributed by atoms with Crippen LogP contribution in [0.2, 0.25) is 0 Å². The number of carbonyl (C=O) groups is 1. The number of hydrogen-bond donors (Lipinski definition) is 3. The summed E-state index contributed by atoms with van der Waals surface area (Å²) >= 11 is 1.90. The first-order valence-electron chi connectivity index (χ1n) is 6.98. The predicted molar refractivity (Wildman–Crippen MR) is 74.8 cm³/mol. The van der Waals surface area contributed by atoms with Crippen LogP contribution in [-0.4, -0.2) is 47.3 Å². The smallest absolute Gasteiger partial charge is 0.221 e. The number of carbonyl (C=O) groups excluding carboxylic acids is 1. The molecule has 0 spiro atoms. The average Bonchev–Trinajstić information content (AvgIpc) is 2.39. The standard InChI is InChI=1S/C13H24N2O2S/c16-12(8-11-9-18-7-6-14-11)15-10-13(17)4-2-1-3-5-13/h11,14,17H,1-10H2,(H,15,16). The highest BCUT2D eigenvalue weighted by molar-refractivity contribution is 7.99. The maximum atomic E-state index is 11.8. The first-order chi connectivity index (χ1) is 8.68. The normalized spacial score (nSPS) is 27.7. The van der Waals surface area contributed by atoms with Crippen LogP contribution in [0.25, 0.3) is 0 Å². The molecule has 0 aromatic carbocycles. The minimum absolute atomic E-state index is 0.0639. The van der Waals surface area contributed by atoms with Gasteiger partial charge in [0.15, 0.2) is 0 Å². The Bertz CT molecular complexity index is 274. The molecule has 1 aliphatic carbocycles. The molecule has 4 nitrogen and oxygen atoms in total. The van der Waals surface area contributed by atoms with Crippen LogP contribution in [0.3, 0.4) is 0 Å².